The lowest BCUT2D eigenvalue weighted by Gasteiger charge is -2.31. The first-order chi connectivity index (χ1) is 8.72. The van der Waals surface area contributed by atoms with E-state index in [0.29, 0.717) is 10.9 Å². The maximum Gasteiger partial charge on any atom is 0.137 e. The van der Waals surface area contributed by atoms with Crippen molar-refractivity contribution in [2.45, 2.75) is 19.4 Å². The molecule has 108 valence electrons. The number of rotatable bonds is 4. The summed E-state index contributed by atoms with van der Waals surface area (Å²) in [5.41, 5.74) is 6.95. The Morgan fingerprint density at radius 1 is 1.37 bits per heavy atom. The van der Waals surface area contributed by atoms with E-state index in [0.717, 1.165) is 31.9 Å². The third-order valence-electron chi connectivity index (χ3n) is 3.66. The summed E-state index contributed by atoms with van der Waals surface area (Å²) in [7, 11) is 1.64. The minimum absolute atomic E-state index is 0. The van der Waals surface area contributed by atoms with Crippen LogP contribution in [0.3, 0.4) is 0 Å². The molecule has 1 aromatic carbocycles. The number of halogens is 2. The minimum atomic E-state index is 0. The van der Waals surface area contributed by atoms with Crippen molar-refractivity contribution in [1.29, 1.82) is 0 Å². The van der Waals surface area contributed by atoms with E-state index >= 15 is 0 Å². The zero-order valence-electron chi connectivity index (χ0n) is 11.3. The van der Waals surface area contributed by atoms with Gasteiger partial charge in [0.1, 0.15) is 5.75 Å². The van der Waals surface area contributed by atoms with Crippen LogP contribution in [0.1, 0.15) is 18.4 Å². The van der Waals surface area contributed by atoms with Gasteiger partial charge in [-0.1, -0.05) is 17.7 Å². The van der Waals surface area contributed by atoms with Crippen LogP contribution in [0.2, 0.25) is 5.02 Å². The third kappa shape index (κ3) is 4.53. The summed E-state index contributed by atoms with van der Waals surface area (Å²) in [5, 5.41) is 0.687. The van der Waals surface area contributed by atoms with Crippen LogP contribution < -0.4 is 10.5 Å². The summed E-state index contributed by atoms with van der Waals surface area (Å²) in [6.45, 7) is 4.04. The number of hydrogen-bond acceptors (Lipinski definition) is 3. The van der Waals surface area contributed by atoms with E-state index in [9.17, 15) is 0 Å². The number of nitrogens with zero attached hydrogens (tertiary/aromatic N) is 1. The second kappa shape index (κ2) is 7.95. The number of methoxy groups -OCH3 is 1. The molecular weight excluding hydrogens is 283 g/mol. The van der Waals surface area contributed by atoms with Gasteiger partial charge in [0.05, 0.1) is 12.1 Å². The fourth-order valence-corrected chi connectivity index (χ4v) is 2.73. The zero-order valence-corrected chi connectivity index (χ0v) is 12.8. The maximum absolute atomic E-state index is 6.13. The first-order valence-corrected chi connectivity index (χ1v) is 6.85. The quantitative estimate of drug-likeness (QED) is 0.929. The van der Waals surface area contributed by atoms with Gasteiger partial charge in [-0.3, -0.25) is 4.90 Å². The molecule has 0 radical (unpaired) electrons. The monoisotopic (exact) mass is 304 g/mol. The van der Waals surface area contributed by atoms with Crippen LogP contribution in [0.5, 0.6) is 5.75 Å². The number of nitrogens with two attached hydrogens (primary N) is 1. The van der Waals surface area contributed by atoms with Crippen molar-refractivity contribution in [3.05, 3.63) is 28.8 Å². The highest BCUT2D eigenvalue weighted by atomic mass is 35.5. The van der Waals surface area contributed by atoms with Crippen LogP contribution in [-0.2, 0) is 6.54 Å². The lowest BCUT2D eigenvalue weighted by molar-refractivity contribution is 0.180. The SMILES string of the molecule is COc1ccc(CN2CCC(CN)CC2)cc1Cl.Cl. The molecule has 1 aliphatic rings. The second-order valence-corrected chi connectivity index (χ2v) is 5.33. The Morgan fingerprint density at radius 2 is 2.05 bits per heavy atom. The van der Waals surface area contributed by atoms with E-state index in [1.54, 1.807) is 7.11 Å². The van der Waals surface area contributed by atoms with Crippen molar-refractivity contribution in [2.24, 2.45) is 11.7 Å². The van der Waals surface area contributed by atoms with Gasteiger partial charge in [0, 0.05) is 6.54 Å². The van der Waals surface area contributed by atoms with Crippen LogP contribution in [0.25, 0.3) is 0 Å². The minimum Gasteiger partial charge on any atom is -0.495 e. The lowest BCUT2D eigenvalue weighted by Crippen LogP contribution is -2.35. The normalized spacial score (nSPS) is 17.0. The summed E-state index contributed by atoms with van der Waals surface area (Å²) in [6.07, 6.45) is 2.42. The Hall–Kier alpha value is -0.480. The standard InChI is InChI=1S/C14H21ClN2O.ClH/c1-18-14-3-2-12(8-13(14)15)10-17-6-4-11(9-16)5-7-17;/h2-3,8,11H,4-7,9-10,16H2,1H3;1H. The van der Waals surface area contributed by atoms with Gasteiger partial charge in [0.15, 0.2) is 0 Å². The summed E-state index contributed by atoms with van der Waals surface area (Å²) < 4.78 is 5.16. The first kappa shape index (κ1) is 16.6. The molecule has 0 bridgehead atoms. The van der Waals surface area contributed by atoms with Crippen LogP contribution in [0, 0.1) is 5.92 Å². The molecule has 0 unspecified atom stereocenters. The van der Waals surface area contributed by atoms with Gasteiger partial charge in [-0.15, -0.1) is 12.4 Å². The van der Waals surface area contributed by atoms with E-state index in [2.05, 4.69) is 11.0 Å². The average Bonchev–Trinajstić information content (AvgIpc) is 2.40. The highest BCUT2D eigenvalue weighted by Crippen LogP contribution is 2.26. The van der Waals surface area contributed by atoms with E-state index in [1.165, 1.54) is 18.4 Å². The highest BCUT2D eigenvalue weighted by molar-refractivity contribution is 6.32. The van der Waals surface area contributed by atoms with E-state index in [-0.39, 0.29) is 12.4 Å². The van der Waals surface area contributed by atoms with Gasteiger partial charge in [-0.05, 0) is 56.1 Å². The molecule has 0 aromatic heterocycles. The van der Waals surface area contributed by atoms with Crippen molar-refractivity contribution in [3.63, 3.8) is 0 Å². The molecule has 0 spiro atoms. The van der Waals surface area contributed by atoms with Gasteiger partial charge < -0.3 is 10.5 Å². The summed E-state index contributed by atoms with van der Waals surface area (Å²) in [4.78, 5) is 2.46. The summed E-state index contributed by atoms with van der Waals surface area (Å²) in [6, 6.07) is 6.01. The molecule has 5 heteroatoms. The molecule has 1 heterocycles. The van der Waals surface area contributed by atoms with Gasteiger partial charge in [-0.2, -0.15) is 0 Å². The number of hydrogen-bond donors (Lipinski definition) is 1. The number of likely N-dealkylation sites (tertiary alicyclic amines) is 1. The zero-order chi connectivity index (χ0) is 13.0. The van der Waals surface area contributed by atoms with Gasteiger partial charge in [-0.25, -0.2) is 0 Å². The molecule has 19 heavy (non-hydrogen) atoms. The second-order valence-electron chi connectivity index (χ2n) is 4.92. The Balaban J connectivity index is 0.00000180. The number of piperidine rings is 1. The van der Waals surface area contributed by atoms with Crippen molar-refractivity contribution in [3.8, 4) is 5.75 Å². The van der Waals surface area contributed by atoms with E-state index < -0.39 is 0 Å². The molecular formula is C14H22Cl2N2O. The Bertz CT molecular complexity index is 393. The van der Waals surface area contributed by atoms with Crippen molar-refractivity contribution in [1.82, 2.24) is 4.90 Å². The third-order valence-corrected chi connectivity index (χ3v) is 3.96. The molecule has 1 saturated heterocycles. The molecule has 0 aliphatic carbocycles. The van der Waals surface area contributed by atoms with Gasteiger partial charge in [0.2, 0.25) is 0 Å². The van der Waals surface area contributed by atoms with Crippen molar-refractivity contribution >= 4 is 24.0 Å². The van der Waals surface area contributed by atoms with Crippen molar-refractivity contribution in [2.75, 3.05) is 26.7 Å². The maximum atomic E-state index is 6.13. The number of ether oxygens (including phenoxy) is 1. The molecule has 1 fully saturated rings. The molecule has 0 amide bonds. The molecule has 1 aromatic rings. The fourth-order valence-electron chi connectivity index (χ4n) is 2.45. The van der Waals surface area contributed by atoms with Crippen LogP contribution in [0.4, 0.5) is 0 Å². The first-order valence-electron chi connectivity index (χ1n) is 6.47. The average molecular weight is 305 g/mol. The Labute approximate surface area is 126 Å². The van der Waals surface area contributed by atoms with Crippen molar-refractivity contribution < 1.29 is 4.74 Å². The molecule has 2 N–H and O–H groups in total. The fraction of sp³-hybridized carbons (Fsp3) is 0.571. The molecule has 0 atom stereocenters. The summed E-state index contributed by atoms with van der Waals surface area (Å²) >= 11 is 6.13. The molecule has 3 nitrogen and oxygen atoms in total. The smallest absolute Gasteiger partial charge is 0.137 e. The summed E-state index contributed by atoms with van der Waals surface area (Å²) in [5.74, 6) is 1.45. The number of benzene rings is 1. The van der Waals surface area contributed by atoms with Crippen LogP contribution in [-0.4, -0.2) is 31.6 Å². The molecule has 1 aliphatic heterocycles. The van der Waals surface area contributed by atoms with Gasteiger partial charge >= 0.3 is 0 Å². The van der Waals surface area contributed by atoms with Crippen LogP contribution >= 0.6 is 24.0 Å². The van der Waals surface area contributed by atoms with Crippen LogP contribution in [0.15, 0.2) is 18.2 Å². The molecule has 2 rings (SSSR count). The molecule has 0 saturated carbocycles. The predicted molar refractivity (Wildman–Crippen MR) is 82.3 cm³/mol. The largest absolute Gasteiger partial charge is 0.495 e. The predicted octanol–water partition coefficient (Wildman–Crippen LogP) is 2.94. The topological polar surface area (TPSA) is 38.5 Å². The lowest BCUT2D eigenvalue weighted by atomic mass is 9.97. The van der Waals surface area contributed by atoms with Gasteiger partial charge in [0.25, 0.3) is 0 Å². The Morgan fingerprint density at radius 3 is 2.58 bits per heavy atom. The van der Waals surface area contributed by atoms with E-state index in [4.69, 9.17) is 22.1 Å². The Kier molecular flexibility index (Phi) is 6.94. The van der Waals surface area contributed by atoms with E-state index in [1.807, 2.05) is 12.1 Å². The highest BCUT2D eigenvalue weighted by Gasteiger charge is 2.18.